The summed E-state index contributed by atoms with van der Waals surface area (Å²) in [7, 11) is 0. The van der Waals surface area contributed by atoms with Gasteiger partial charge in [0.25, 0.3) is 0 Å². The molecule has 2 aromatic rings. The van der Waals surface area contributed by atoms with Gasteiger partial charge in [0.2, 0.25) is 0 Å². The van der Waals surface area contributed by atoms with Gasteiger partial charge in [-0.05, 0) is 29.8 Å². The quantitative estimate of drug-likeness (QED) is 0.870. The number of nitrogens with zero attached hydrogens (tertiary/aromatic N) is 1. The number of ether oxygens (including phenoxy) is 1. The summed E-state index contributed by atoms with van der Waals surface area (Å²) in [5.74, 6) is 0. The van der Waals surface area contributed by atoms with Gasteiger partial charge in [-0.25, -0.2) is 4.79 Å². The SMILES string of the molecule is O=C(N/C=C/c1ccccc1Cl)Nc1ccccc1N1CCOCC1. The molecule has 2 amide bonds. The van der Waals surface area contributed by atoms with Crippen LogP contribution in [-0.4, -0.2) is 32.3 Å². The number of benzene rings is 2. The third kappa shape index (κ3) is 4.75. The van der Waals surface area contributed by atoms with Crippen LogP contribution in [0.4, 0.5) is 16.2 Å². The highest BCUT2D eigenvalue weighted by Crippen LogP contribution is 2.26. The Balaban J connectivity index is 1.62. The molecule has 1 aliphatic heterocycles. The van der Waals surface area contributed by atoms with E-state index in [9.17, 15) is 4.79 Å². The van der Waals surface area contributed by atoms with E-state index in [1.54, 1.807) is 18.3 Å². The molecule has 0 saturated carbocycles. The highest BCUT2D eigenvalue weighted by atomic mass is 35.5. The molecule has 5 nitrogen and oxygen atoms in total. The Hall–Kier alpha value is -2.50. The van der Waals surface area contributed by atoms with Crippen molar-refractivity contribution in [1.29, 1.82) is 0 Å². The Morgan fingerprint density at radius 3 is 2.60 bits per heavy atom. The van der Waals surface area contributed by atoms with Crippen molar-refractivity contribution < 1.29 is 9.53 Å². The largest absolute Gasteiger partial charge is 0.378 e. The van der Waals surface area contributed by atoms with Gasteiger partial charge in [-0.3, -0.25) is 0 Å². The Labute approximate surface area is 152 Å². The molecule has 2 aromatic carbocycles. The van der Waals surface area contributed by atoms with Crippen LogP contribution in [0.2, 0.25) is 5.02 Å². The number of halogens is 1. The van der Waals surface area contributed by atoms with Crippen molar-refractivity contribution in [3.05, 3.63) is 65.3 Å². The lowest BCUT2D eigenvalue weighted by Crippen LogP contribution is -2.37. The zero-order chi connectivity index (χ0) is 17.5. The maximum Gasteiger partial charge on any atom is 0.323 e. The Kier molecular flexibility index (Phi) is 5.93. The molecule has 6 heteroatoms. The number of amides is 2. The smallest absolute Gasteiger partial charge is 0.323 e. The van der Waals surface area contributed by atoms with E-state index < -0.39 is 0 Å². The van der Waals surface area contributed by atoms with Crippen LogP contribution in [0.15, 0.2) is 54.7 Å². The summed E-state index contributed by atoms with van der Waals surface area (Å²) in [5, 5.41) is 6.23. The maximum absolute atomic E-state index is 12.2. The molecule has 1 fully saturated rings. The second kappa shape index (κ2) is 8.55. The number of carbonyl (C=O) groups excluding carboxylic acids is 1. The summed E-state index contributed by atoms with van der Waals surface area (Å²) in [5.41, 5.74) is 2.61. The minimum Gasteiger partial charge on any atom is -0.378 e. The Morgan fingerprint density at radius 1 is 1.08 bits per heavy atom. The van der Waals surface area contributed by atoms with E-state index in [4.69, 9.17) is 16.3 Å². The van der Waals surface area contributed by atoms with Crippen LogP contribution in [0, 0.1) is 0 Å². The molecule has 0 radical (unpaired) electrons. The summed E-state index contributed by atoms with van der Waals surface area (Å²) >= 11 is 6.08. The third-order valence-electron chi connectivity index (χ3n) is 3.89. The first-order valence-corrected chi connectivity index (χ1v) is 8.52. The average Bonchev–Trinajstić information content (AvgIpc) is 2.64. The number of para-hydroxylation sites is 2. The van der Waals surface area contributed by atoms with Gasteiger partial charge < -0.3 is 20.3 Å². The number of anilines is 2. The number of hydrogen-bond donors (Lipinski definition) is 2. The molecule has 0 atom stereocenters. The molecule has 0 bridgehead atoms. The minimum atomic E-state index is -0.302. The second-order valence-electron chi connectivity index (χ2n) is 5.57. The zero-order valence-corrected chi connectivity index (χ0v) is 14.5. The molecule has 0 unspecified atom stereocenters. The molecular weight excluding hydrogens is 338 g/mol. The second-order valence-corrected chi connectivity index (χ2v) is 5.98. The fourth-order valence-electron chi connectivity index (χ4n) is 2.64. The van der Waals surface area contributed by atoms with Crippen LogP contribution in [0.3, 0.4) is 0 Å². The van der Waals surface area contributed by atoms with E-state index in [0.29, 0.717) is 18.2 Å². The van der Waals surface area contributed by atoms with Crippen LogP contribution in [0.25, 0.3) is 6.08 Å². The zero-order valence-electron chi connectivity index (χ0n) is 13.7. The van der Waals surface area contributed by atoms with E-state index in [-0.39, 0.29) is 6.03 Å². The van der Waals surface area contributed by atoms with Crippen molar-refractivity contribution in [2.24, 2.45) is 0 Å². The average molecular weight is 358 g/mol. The molecule has 3 rings (SSSR count). The molecular formula is C19H20ClN3O2. The fraction of sp³-hybridized carbons (Fsp3) is 0.211. The topological polar surface area (TPSA) is 53.6 Å². The predicted octanol–water partition coefficient (Wildman–Crippen LogP) is 3.97. The van der Waals surface area contributed by atoms with Crippen molar-refractivity contribution in [3.8, 4) is 0 Å². The molecule has 130 valence electrons. The summed E-state index contributed by atoms with van der Waals surface area (Å²) in [6.07, 6.45) is 3.34. The van der Waals surface area contributed by atoms with E-state index in [2.05, 4.69) is 15.5 Å². The van der Waals surface area contributed by atoms with Gasteiger partial charge in [-0.15, -0.1) is 0 Å². The molecule has 0 spiro atoms. The van der Waals surface area contributed by atoms with Gasteiger partial charge >= 0.3 is 6.03 Å². The molecule has 1 heterocycles. The molecule has 0 aromatic heterocycles. The van der Waals surface area contributed by atoms with E-state index in [1.807, 2.05) is 42.5 Å². The first kappa shape index (κ1) is 17.3. The first-order valence-electron chi connectivity index (χ1n) is 8.14. The van der Waals surface area contributed by atoms with Crippen molar-refractivity contribution in [2.45, 2.75) is 0 Å². The number of rotatable bonds is 4. The van der Waals surface area contributed by atoms with E-state index in [0.717, 1.165) is 30.0 Å². The monoisotopic (exact) mass is 357 g/mol. The van der Waals surface area contributed by atoms with Gasteiger partial charge in [0, 0.05) is 24.3 Å². The van der Waals surface area contributed by atoms with Crippen molar-refractivity contribution in [2.75, 3.05) is 36.5 Å². The first-order chi connectivity index (χ1) is 12.2. The number of carbonyl (C=O) groups is 1. The van der Waals surface area contributed by atoms with E-state index >= 15 is 0 Å². The molecule has 25 heavy (non-hydrogen) atoms. The summed E-state index contributed by atoms with van der Waals surface area (Å²) < 4.78 is 5.39. The van der Waals surface area contributed by atoms with Crippen LogP contribution in [0.1, 0.15) is 5.56 Å². The van der Waals surface area contributed by atoms with Crippen LogP contribution >= 0.6 is 11.6 Å². The molecule has 1 aliphatic rings. The van der Waals surface area contributed by atoms with Crippen LogP contribution < -0.4 is 15.5 Å². The van der Waals surface area contributed by atoms with Crippen LogP contribution in [-0.2, 0) is 4.74 Å². The Bertz CT molecular complexity index is 758. The van der Waals surface area contributed by atoms with Crippen molar-refractivity contribution in [3.63, 3.8) is 0 Å². The van der Waals surface area contributed by atoms with Gasteiger partial charge in [0.1, 0.15) is 0 Å². The number of morpholine rings is 1. The lowest BCUT2D eigenvalue weighted by atomic mass is 10.2. The standard InChI is InChI=1S/C19H20ClN3O2/c20-16-6-2-1-5-15(16)9-10-21-19(24)22-17-7-3-4-8-18(17)23-11-13-25-14-12-23/h1-10H,11-14H2,(H2,21,22,24)/b10-9+. The van der Waals surface area contributed by atoms with Crippen molar-refractivity contribution >= 4 is 35.1 Å². The lowest BCUT2D eigenvalue weighted by Gasteiger charge is -2.30. The third-order valence-corrected chi connectivity index (χ3v) is 4.23. The lowest BCUT2D eigenvalue weighted by molar-refractivity contribution is 0.123. The Morgan fingerprint density at radius 2 is 1.80 bits per heavy atom. The number of urea groups is 1. The van der Waals surface area contributed by atoms with Gasteiger partial charge in [0.15, 0.2) is 0 Å². The maximum atomic E-state index is 12.2. The highest BCUT2D eigenvalue weighted by Gasteiger charge is 2.15. The molecule has 2 N–H and O–H groups in total. The molecule has 0 aliphatic carbocycles. The molecule has 1 saturated heterocycles. The normalized spacial score (nSPS) is 14.5. The number of hydrogen-bond acceptors (Lipinski definition) is 3. The fourth-order valence-corrected chi connectivity index (χ4v) is 2.83. The minimum absolute atomic E-state index is 0.302. The predicted molar refractivity (Wildman–Crippen MR) is 102 cm³/mol. The summed E-state index contributed by atoms with van der Waals surface area (Å²) in [4.78, 5) is 14.4. The van der Waals surface area contributed by atoms with Gasteiger partial charge in [0.05, 0.1) is 24.6 Å². The van der Waals surface area contributed by atoms with Gasteiger partial charge in [-0.2, -0.15) is 0 Å². The van der Waals surface area contributed by atoms with Gasteiger partial charge in [-0.1, -0.05) is 41.9 Å². The van der Waals surface area contributed by atoms with Crippen LogP contribution in [0.5, 0.6) is 0 Å². The van der Waals surface area contributed by atoms with E-state index in [1.165, 1.54) is 0 Å². The summed E-state index contributed by atoms with van der Waals surface area (Å²) in [6.45, 7) is 3.02. The highest BCUT2D eigenvalue weighted by molar-refractivity contribution is 6.32. The van der Waals surface area contributed by atoms with Crippen molar-refractivity contribution in [1.82, 2.24) is 5.32 Å². The number of nitrogens with one attached hydrogen (secondary N) is 2. The summed E-state index contributed by atoms with van der Waals surface area (Å²) in [6, 6.07) is 14.9.